The Labute approximate surface area is 181 Å². The van der Waals surface area contributed by atoms with Crippen LogP contribution in [-0.4, -0.2) is 46.1 Å². The summed E-state index contributed by atoms with van der Waals surface area (Å²) in [5, 5.41) is 19.5. The molecule has 6 rings (SSSR count). The number of hydrogen-bond donors (Lipinski definition) is 0. The molecule has 1 aromatic heterocycles. The van der Waals surface area contributed by atoms with E-state index in [0.717, 1.165) is 5.57 Å². The van der Waals surface area contributed by atoms with Crippen LogP contribution in [0.15, 0.2) is 36.0 Å². The fourth-order valence-corrected chi connectivity index (χ4v) is 6.58. The number of aromatic nitrogens is 3. The fourth-order valence-electron chi connectivity index (χ4n) is 5.12. The van der Waals surface area contributed by atoms with E-state index in [1.165, 1.54) is 21.8 Å². The van der Waals surface area contributed by atoms with E-state index >= 15 is 4.39 Å². The van der Waals surface area contributed by atoms with Crippen LogP contribution >= 0.6 is 11.8 Å². The molecule has 3 fully saturated rings. The highest BCUT2D eigenvalue weighted by atomic mass is 32.2. The van der Waals surface area contributed by atoms with Crippen molar-refractivity contribution in [2.45, 2.75) is 17.9 Å². The minimum atomic E-state index is -0.600. The quantitative estimate of drug-likeness (QED) is 0.722. The van der Waals surface area contributed by atoms with E-state index in [1.807, 2.05) is 5.41 Å². The minimum absolute atomic E-state index is 0.127. The van der Waals surface area contributed by atoms with Crippen LogP contribution in [0.25, 0.3) is 5.57 Å². The summed E-state index contributed by atoms with van der Waals surface area (Å²) in [6.45, 7) is 1.52. The van der Waals surface area contributed by atoms with Gasteiger partial charge in [0.2, 0.25) is 6.23 Å². The summed E-state index contributed by atoms with van der Waals surface area (Å²) in [6.07, 6.45) is 2.61. The van der Waals surface area contributed by atoms with E-state index in [9.17, 15) is 10.1 Å². The van der Waals surface area contributed by atoms with Crippen LogP contribution in [0.3, 0.4) is 0 Å². The van der Waals surface area contributed by atoms with Gasteiger partial charge < -0.3 is 9.47 Å². The van der Waals surface area contributed by atoms with E-state index in [2.05, 4.69) is 16.4 Å². The monoisotopic (exact) mass is 439 g/mol. The molecule has 1 saturated carbocycles. The molecule has 0 radical (unpaired) electrons. The molecule has 2 saturated heterocycles. The van der Waals surface area contributed by atoms with Gasteiger partial charge in [-0.3, -0.25) is 4.90 Å². The maximum Gasteiger partial charge on any atom is 0.416 e. The first-order valence-electron chi connectivity index (χ1n) is 10.1. The normalized spacial score (nSPS) is 33.7. The lowest BCUT2D eigenvalue weighted by Crippen LogP contribution is -2.24. The van der Waals surface area contributed by atoms with Crippen molar-refractivity contribution in [3.8, 4) is 6.07 Å². The predicted molar refractivity (Wildman–Crippen MR) is 109 cm³/mol. The van der Waals surface area contributed by atoms with Gasteiger partial charge in [-0.2, -0.15) is 5.26 Å². The topological polar surface area (TPSA) is 93.3 Å². The number of nitrogens with zero attached hydrogens (tertiary/aromatic N) is 5. The van der Waals surface area contributed by atoms with Gasteiger partial charge in [-0.25, -0.2) is 13.9 Å². The Bertz CT molecular complexity index is 1120. The standard InChI is InChI=1S/C21H18FN5O3S/c22-17-6-13(26-7-19(30-20(26)28)27-4-3-24-25-27)1-2-14(17)12-5-18(31-10-12)21(11-23)15-8-29-9-16(15)21/h1-4,6,10,15-16,18-19H,5,7-9H2/t15-,16+,18?,19?,21+. The number of ether oxygens (including phenoxy) is 2. The molecule has 3 aliphatic heterocycles. The first kappa shape index (κ1) is 18.8. The molecule has 10 heteroatoms. The number of anilines is 1. The van der Waals surface area contributed by atoms with Crippen LogP contribution in [0.5, 0.6) is 0 Å². The first-order chi connectivity index (χ1) is 15.1. The molecule has 0 spiro atoms. The Morgan fingerprint density at radius 3 is 2.87 bits per heavy atom. The highest BCUT2D eigenvalue weighted by molar-refractivity contribution is 8.03. The van der Waals surface area contributed by atoms with Crippen molar-refractivity contribution in [1.82, 2.24) is 15.0 Å². The highest BCUT2D eigenvalue weighted by Gasteiger charge is 2.71. The Hall–Kier alpha value is -2.90. The number of allylic oxidation sites excluding steroid dienone is 1. The average molecular weight is 439 g/mol. The molecule has 158 valence electrons. The summed E-state index contributed by atoms with van der Waals surface area (Å²) >= 11 is 1.63. The van der Waals surface area contributed by atoms with Gasteiger partial charge in [0.1, 0.15) is 5.82 Å². The molecular weight excluding hydrogens is 421 g/mol. The average Bonchev–Trinajstić information content (AvgIpc) is 3.44. The molecule has 1 amide bonds. The van der Waals surface area contributed by atoms with E-state index in [0.29, 0.717) is 42.7 Å². The van der Waals surface area contributed by atoms with Gasteiger partial charge in [0, 0.05) is 28.8 Å². The summed E-state index contributed by atoms with van der Waals surface area (Å²) in [5.74, 6) is 0.204. The van der Waals surface area contributed by atoms with Gasteiger partial charge in [0.05, 0.1) is 43.1 Å². The molecule has 1 aromatic carbocycles. The van der Waals surface area contributed by atoms with E-state index in [-0.39, 0.29) is 17.2 Å². The number of rotatable bonds is 4. The number of halogens is 1. The number of nitriles is 1. The summed E-state index contributed by atoms with van der Waals surface area (Å²) in [5.41, 5.74) is 1.48. The van der Waals surface area contributed by atoms with Gasteiger partial charge in [-0.05, 0) is 35.6 Å². The molecule has 0 bridgehead atoms. The van der Waals surface area contributed by atoms with Gasteiger partial charge in [0.15, 0.2) is 0 Å². The summed E-state index contributed by atoms with van der Waals surface area (Å²) in [6, 6.07) is 7.34. The van der Waals surface area contributed by atoms with Crippen molar-refractivity contribution in [1.29, 1.82) is 5.26 Å². The van der Waals surface area contributed by atoms with E-state index < -0.39 is 18.1 Å². The molecule has 0 N–H and O–H groups in total. The number of carbonyl (C=O) groups is 1. The maximum absolute atomic E-state index is 15.1. The van der Waals surface area contributed by atoms with Gasteiger partial charge in [-0.15, -0.1) is 16.9 Å². The number of carbonyl (C=O) groups excluding carboxylic acids is 1. The van der Waals surface area contributed by atoms with Crippen LogP contribution in [0, 0.1) is 34.4 Å². The second-order valence-corrected chi connectivity index (χ2v) is 9.34. The molecule has 4 aliphatic rings. The van der Waals surface area contributed by atoms with Crippen LogP contribution in [0.4, 0.5) is 14.9 Å². The third kappa shape index (κ3) is 2.73. The number of fused-ring (bicyclic) bond motifs is 1. The number of benzene rings is 1. The molecule has 5 atom stereocenters. The first-order valence-corrected chi connectivity index (χ1v) is 11.0. The Morgan fingerprint density at radius 1 is 1.32 bits per heavy atom. The number of hydrogen-bond acceptors (Lipinski definition) is 7. The third-order valence-corrected chi connectivity index (χ3v) is 8.15. The predicted octanol–water partition coefficient (Wildman–Crippen LogP) is 3.21. The largest absolute Gasteiger partial charge is 0.421 e. The fraction of sp³-hybridized carbons (Fsp3) is 0.429. The summed E-state index contributed by atoms with van der Waals surface area (Å²) < 4.78 is 27.3. The van der Waals surface area contributed by atoms with Crippen molar-refractivity contribution in [3.05, 3.63) is 47.4 Å². The Kier molecular flexibility index (Phi) is 4.13. The molecule has 1 aliphatic carbocycles. The number of cyclic esters (lactones) is 1. The van der Waals surface area contributed by atoms with E-state index in [4.69, 9.17) is 9.47 Å². The SMILES string of the molecule is N#C[C@]1(C2CC(c3ccc(N4CC(n5ccnn5)OC4=O)cc3F)=CS2)[C@@H]2COC[C@@H]21. The van der Waals surface area contributed by atoms with Gasteiger partial charge in [-0.1, -0.05) is 5.21 Å². The Balaban J connectivity index is 1.19. The van der Waals surface area contributed by atoms with Crippen molar-refractivity contribution >= 4 is 29.1 Å². The number of amides is 1. The number of thioether (sulfide) groups is 1. The van der Waals surface area contributed by atoms with Crippen molar-refractivity contribution < 1.29 is 18.7 Å². The van der Waals surface area contributed by atoms with Crippen molar-refractivity contribution in [3.63, 3.8) is 0 Å². The lowest BCUT2D eigenvalue weighted by atomic mass is 9.91. The zero-order valence-electron chi connectivity index (χ0n) is 16.3. The molecule has 31 heavy (non-hydrogen) atoms. The molecule has 2 unspecified atom stereocenters. The second kappa shape index (κ2) is 6.80. The Morgan fingerprint density at radius 2 is 2.16 bits per heavy atom. The summed E-state index contributed by atoms with van der Waals surface area (Å²) in [4.78, 5) is 13.7. The summed E-state index contributed by atoms with van der Waals surface area (Å²) in [7, 11) is 0. The second-order valence-electron chi connectivity index (χ2n) is 8.26. The molecular formula is C21H18FN5O3S. The van der Waals surface area contributed by atoms with Crippen molar-refractivity contribution in [2.24, 2.45) is 17.3 Å². The smallest absolute Gasteiger partial charge is 0.416 e. The lowest BCUT2D eigenvalue weighted by Gasteiger charge is -2.20. The van der Waals surface area contributed by atoms with Gasteiger partial charge >= 0.3 is 6.09 Å². The van der Waals surface area contributed by atoms with Crippen LogP contribution in [0.1, 0.15) is 18.2 Å². The van der Waals surface area contributed by atoms with Crippen LogP contribution in [0.2, 0.25) is 0 Å². The third-order valence-electron chi connectivity index (χ3n) is 6.85. The lowest BCUT2D eigenvalue weighted by molar-refractivity contribution is 0.0922. The van der Waals surface area contributed by atoms with Crippen LogP contribution < -0.4 is 4.90 Å². The molecule has 4 heterocycles. The molecule has 8 nitrogen and oxygen atoms in total. The van der Waals surface area contributed by atoms with Gasteiger partial charge in [0.25, 0.3) is 0 Å². The zero-order valence-corrected chi connectivity index (χ0v) is 17.2. The van der Waals surface area contributed by atoms with E-state index in [1.54, 1.807) is 30.1 Å². The minimum Gasteiger partial charge on any atom is -0.421 e. The zero-order chi connectivity index (χ0) is 21.2. The molecule has 2 aromatic rings. The highest BCUT2D eigenvalue weighted by Crippen LogP contribution is 2.68. The maximum atomic E-state index is 15.1. The van der Waals surface area contributed by atoms with Crippen molar-refractivity contribution in [2.75, 3.05) is 24.7 Å². The van der Waals surface area contributed by atoms with Crippen LogP contribution in [-0.2, 0) is 9.47 Å².